The van der Waals surface area contributed by atoms with E-state index in [1.807, 2.05) is 13.8 Å². The van der Waals surface area contributed by atoms with E-state index in [1.54, 1.807) is 29.7 Å². The van der Waals surface area contributed by atoms with Crippen LogP contribution in [0.15, 0.2) is 18.3 Å². The summed E-state index contributed by atoms with van der Waals surface area (Å²) in [6.45, 7) is 7.47. The van der Waals surface area contributed by atoms with E-state index in [2.05, 4.69) is 15.6 Å². The van der Waals surface area contributed by atoms with Gasteiger partial charge in [-0.25, -0.2) is 4.98 Å². The van der Waals surface area contributed by atoms with E-state index in [0.29, 0.717) is 36.1 Å². The summed E-state index contributed by atoms with van der Waals surface area (Å²) in [5.74, 6) is -1.13. The number of pyridine rings is 1. The van der Waals surface area contributed by atoms with Gasteiger partial charge < -0.3 is 20.5 Å². The monoisotopic (exact) mass is 390 g/mol. The topological polar surface area (TPSA) is 122 Å². The Morgan fingerprint density at radius 2 is 2.00 bits per heavy atom. The van der Waals surface area contributed by atoms with Crippen LogP contribution >= 0.6 is 0 Å². The number of aromatic nitrogens is 2. The van der Waals surface area contributed by atoms with Crippen molar-refractivity contribution < 1.29 is 24.2 Å². The van der Waals surface area contributed by atoms with Crippen LogP contribution < -0.4 is 10.6 Å². The van der Waals surface area contributed by atoms with E-state index in [9.17, 15) is 14.4 Å². The smallest absolute Gasteiger partial charge is 0.325 e. The highest BCUT2D eigenvalue weighted by atomic mass is 16.5. The maximum absolute atomic E-state index is 12.5. The van der Waals surface area contributed by atoms with E-state index in [4.69, 9.17) is 9.84 Å². The van der Waals surface area contributed by atoms with Gasteiger partial charge in [-0.3, -0.25) is 18.8 Å². The molecule has 28 heavy (non-hydrogen) atoms. The highest BCUT2D eigenvalue weighted by Gasteiger charge is 2.21. The summed E-state index contributed by atoms with van der Waals surface area (Å²) in [4.78, 5) is 39.9. The van der Waals surface area contributed by atoms with Gasteiger partial charge in [0.1, 0.15) is 18.4 Å². The Balaban J connectivity index is 2.42. The van der Waals surface area contributed by atoms with Crippen LogP contribution in [0.5, 0.6) is 0 Å². The highest BCUT2D eigenvalue weighted by molar-refractivity contribution is 6.01. The van der Waals surface area contributed by atoms with Crippen LogP contribution in [0.25, 0.3) is 5.65 Å². The Hall–Kier alpha value is -3.10. The average Bonchev–Trinajstić information content (AvgIpc) is 2.96. The minimum absolute atomic E-state index is 0.0286. The molecule has 1 atom stereocenters. The molecule has 0 aliphatic rings. The number of carboxylic acid groups (broad SMARTS) is 1. The highest BCUT2D eigenvalue weighted by Crippen LogP contribution is 2.23. The number of aliphatic carboxylic acids is 1. The molecule has 152 valence electrons. The van der Waals surface area contributed by atoms with Gasteiger partial charge in [0, 0.05) is 6.20 Å². The number of carboxylic acids is 1. The quantitative estimate of drug-likeness (QED) is 0.557. The maximum atomic E-state index is 12.5. The molecule has 9 heteroatoms. The fraction of sp³-hybridized carbons (Fsp3) is 0.474. The third-order valence-electron chi connectivity index (χ3n) is 3.99. The van der Waals surface area contributed by atoms with Crippen molar-refractivity contribution >= 4 is 29.3 Å². The molecule has 1 unspecified atom stereocenters. The molecular weight excluding hydrogens is 364 g/mol. The molecule has 9 nitrogen and oxygen atoms in total. The first-order valence-electron chi connectivity index (χ1n) is 9.17. The lowest BCUT2D eigenvalue weighted by Crippen LogP contribution is -2.38. The van der Waals surface area contributed by atoms with Crippen LogP contribution in [0.1, 0.15) is 43.7 Å². The number of carbonyl (C=O) groups excluding carboxylic acids is 2. The fourth-order valence-corrected chi connectivity index (χ4v) is 2.71. The molecule has 1 amide bonds. The standard InChI is InChI=1S/C19H26N4O5/c1-5-28-15(24)10-20-17-14(9-11(2)3)22-16-13(7-6-8-23(16)17)18(25)21-12(4)19(26)27/h6-8,11-12,20H,5,9-10H2,1-4H3,(H,21,25)(H,26,27). The summed E-state index contributed by atoms with van der Waals surface area (Å²) in [6, 6.07) is 2.23. The minimum Gasteiger partial charge on any atom is -0.480 e. The van der Waals surface area contributed by atoms with Gasteiger partial charge >= 0.3 is 11.9 Å². The van der Waals surface area contributed by atoms with Gasteiger partial charge in [-0.15, -0.1) is 0 Å². The molecule has 0 spiro atoms. The molecular formula is C19H26N4O5. The van der Waals surface area contributed by atoms with Gasteiger partial charge in [0.05, 0.1) is 17.9 Å². The number of nitrogens with one attached hydrogen (secondary N) is 2. The number of anilines is 1. The number of nitrogens with zero attached hydrogens (tertiary/aromatic N) is 2. The van der Waals surface area contributed by atoms with Gasteiger partial charge in [-0.05, 0) is 38.3 Å². The predicted molar refractivity (Wildman–Crippen MR) is 103 cm³/mol. The molecule has 2 rings (SSSR count). The van der Waals surface area contributed by atoms with Crippen LogP contribution in [-0.2, 0) is 20.7 Å². The molecule has 0 fully saturated rings. The number of hydrogen-bond donors (Lipinski definition) is 3. The van der Waals surface area contributed by atoms with Crippen LogP contribution in [0.2, 0.25) is 0 Å². The molecule has 0 saturated carbocycles. The first-order chi connectivity index (χ1) is 13.2. The average molecular weight is 390 g/mol. The van der Waals surface area contributed by atoms with Gasteiger partial charge in [0.15, 0.2) is 5.65 Å². The molecule has 0 bridgehead atoms. The van der Waals surface area contributed by atoms with Crippen LogP contribution in [0, 0.1) is 5.92 Å². The van der Waals surface area contributed by atoms with Crippen molar-refractivity contribution in [2.45, 2.75) is 40.2 Å². The molecule has 2 aromatic rings. The fourth-order valence-electron chi connectivity index (χ4n) is 2.71. The molecule has 0 aliphatic carbocycles. The van der Waals surface area contributed by atoms with Crippen molar-refractivity contribution in [3.63, 3.8) is 0 Å². The predicted octanol–water partition coefficient (Wildman–Crippen LogP) is 1.71. The molecule has 0 aliphatic heterocycles. The number of imidazole rings is 1. The number of ether oxygens (including phenoxy) is 1. The van der Waals surface area contributed by atoms with Crippen molar-refractivity contribution in [3.8, 4) is 0 Å². The number of hydrogen-bond acceptors (Lipinski definition) is 6. The normalized spacial score (nSPS) is 12.0. The van der Waals surface area contributed by atoms with E-state index in [1.165, 1.54) is 6.92 Å². The van der Waals surface area contributed by atoms with Crippen molar-refractivity contribution in [3.05, 3.63) is 29.6 Å². The lowest BCUT2D eigenvalue weighted by atomic mass is 10.1. The van der Waals surface area contributed by atoms with Crippen LogP contribution in [0.3, 0.4) is 0 Å². The molecule has 0 aromatic carbocycles. The molecule has 2 heterocycles. The van der Waals surface area contributed by atoms with E-state index in [-0.39, 0.29) is 12.1 Å². The van der Waals surface area contributed by atoms with E-state index >= 15 is 0 Å². The summed E-state index contributed by atoms with van der Waals surface area (Å²) in [5, 5.41) is 14.5. The second-order valence-electron chi connectivity index (χ2n) is 6.81. The molecule has 2 aromatic heterocycles. The summed E-state index contributed by atoms with van der Waals surface area (Å²) >= 11 is 0. The number of amides is 1. The maximum Gasteiger partial charge on any atom is 0.325 e. The zero-order chi connectivity index (χ0) is 20.8. The third kappa shape index (κ3) is 4.99. The third-order valence-corrected chi connectivity index (χ3v) is 3.99. The van der Waals surface area contributed by atoms with Gasteiger partial charge in [0.25, 0.3) is 5.91 Å². The second-order valence-corrected chi connectivity index (χ2v) is 6.81. The summed E-state index contributed by atoms with van der Waals surface area (Å²) in [6.07, 6.45) is 2.37. The first kappa shape index (κ1) is 21.2. The van der Waals surface area contributed by atoms with Gasteiger partial charge in [0.2, 0.25) is 0 Å². The Labute approximate surface area is 163 Å². The van der Waals surface area contributed by atoms with E-state index in [0.717, 1.165) is 0 Å². The van der Waals surface area contributed by atoms with Crippen molar-refractivity contribution in [1.29, 1.82) is 0 Å². The van der Waals surface area contributed by atoms with E-state index < -0.39 is 23.9 Å². The lowest BCUT2D eigenvalue weighted by molar-refractivity contribution is -0.141. The number of fused-ring (bicyclic) bond motifs is 1. The van der Waals surface area contributed by atoms with Gasteiger partial charge in [-0.2, -0.15) is 0 Å². The SMILES string of the molecule is CCOC(=O)CNc1c(CC(C)C)nc2c(C(=O)NC(C)C(=O)O)cccn12. The number of rotatable bonds is 9. The Kier molecular flexibility index (Phi) is 6.97. The molecule has 3 N–H and O–H groups in total. The zero-order valence-corrected chi connectivity index (χ0v) is 16.5. The van der Waals surface area contributed by atoms with Crippen molar-refractivity contribution in [2.75, 3.05) is 18.5 Å². The molecule has 0 saturated heterocycles. The Morgan fingerprint density at radius 1 is 1.29 bits per heavy atom. The minimum atomic E-state index is -1.12. The van der Waals surface area contributed by atoms with Crippen LogP contribution in [0.4, 0.5) is 5.82 Å². The van der Waals surface area contributed by atoms with Crippen LogP contribution in [-0.4, -0.2) is 51.5 Å². The Bertz CT molecular complexity index is 875. The Morgan fingerprint density at radius 3 is 2.61 bits per heavy atom. The lowest BCUT2D eigenvalue weighted by Gasteiger charge is -2.11. The second kappa shape index (κ2) is 9.20. The van der Waals surface area contributed by atoms with Crippen molar-refractivity contribution in [2.24, 2.45) is 5.92 Å². The van der Waals surface area contributed by atoms with Gasteiger partial charge in [-0.1, -0.05) is 13.8 Å². The number of esters is 1. The first-order valence-corrected chi connectivity index (χ1v) is 9.17. The summed E-state index contributed by atoms with van der Waals surface area (Å²) in [5.41, 5.74) is 1.36. The zero-order valence-electron chi connectivity index (χ0n) is 16.5. The summed E-state index contributed by atoms with van der Waals surface area (Å²) in [7, 11) is 0. The largest absolute Gasteiger partial charge is 0.480 e. The summed E-state index contributed by atoms with van der Waals surface area (Å²) < 4.78 is 6.64. The number of carbonyl (C=O) groups is 3. The molecule has 0 radical (unpaired) electrons. The van der Waals surface area contributed by atoms with Crippen molar-refractivity contribution in [1.82, 2.24) is 14.7 Å².